The molecule has 0 amide bonds. The summed E-state index contributed by atoms with van der Waals surface area (Å²) >= 11 is 0. The molecule has 188 valence electrons. The minimum absolute atomic E-state index is 0.0135. The van der Waals surface area contributed by atoms with Gasteiger partial charge in [0.15, 0.2) is 23.0 Å². The molecule has 1 aliphatic carbocycles. The minimum atomic E-state index is 0.0135. The van der Waals surface area contributed by atoms with E-state index in [1.165, 1.54) is 5.56 Å². The number of hydrogen-bond acceptors (Lipinski definition) is 8. The second-order valence-corrected chi connectivity index (χ2v) is 10.2. The van der Waals surface area contributed by atoms with E-state index < -0.39 is 0 Å². The quantitative estimate of drug-likeness (QED) is 0.368. The largest absolute Gasteiger partial charge is 0.454 e. The number of rotatable bonds is 5. The Morgan fingerprint density at radius 3 is 2.57 bits per heavy atom. The molecule has 8 nitrogen and oxygen atoms in total. The summed E-state index contributed by atoms with van der Waals surface area (Å²) in [5.74, 6) is 2.33. The fourth-order valence-corrected chi connectivity index (χ4v) is 5.65. The molecule has 1 N–H and O–H groups in total. The average molecular weight is 497 g/mol. The molecule has 3 aliphatic rings. The maximum atomic E-state index is 13.6. The molecule has 37 heavy (non-hydrogen) atoms. The highest BCUT2D eigenvalue weighted by atomic mass is 16.7. The van der Waals surface area contributed by atoms with E-state index in [1.54, 1.807) is 0 Å². The van der Waals surface area contributed by atoms with Crippen LogP contribution in [0.1, 0.15) is 35.3 Å². The average Bonchev–Trinajstić information content (AvgIpc) is 3.55. The topological polar surface area (TPSA) is 80.1 Å². The number of hydrogen-bond donors (Lipinski definition) is 1. The van der Waals surface area contributed by atoms with Crippen LogP contribution in [-0.2, 0) is 6.54 Å². The molecule has 0 unspecified atom stereocenters. The maximum absolute atomic E-state index is 13.6. The second kappa shape index (κ2) is 8.52. The highest BCUT2D eigenvalue weighted by Gasteiger charge is 2.34. The molecular formula is C29H28N4O4. The van der Waals surface area contributed by atoms with Gasteiger partial charge in [-0.05, 0) is 37.6 Å². The van der Waals surface area contributed by atoms with Gasteiger partial charge in [0.25, 0.3) is 0 Å². The summed E-state index contributed by atoms with van der Waals surface area (Å²) in [5, 5.41) is 8.84. The van der Waals surface area contributed by atoms with E-state index in [0.717, 1.165) is 72.1 Å². The van der Waals surface area contributed by atoms with Crippen molar-refractivity contribution in [3.63, 3.8) is 0 Å². The van der Waals surface area contributed by atoms with Gasteiger partial charge in [0.2, 0.25) is 6.79 Å². The Kier molecular flexibility index (Phi) is 5.11. The van der Waals surface area contributed by atoms with E-state index in [0.29, 0.717) is 23.7 Å². The molecule has 4 aromatic rings. The molecule has 0 spiro atoms. The molecule has 3 heterocycles. The first-order valence-corrected chi connectivity index (χ1v) is 12.8. The summed E-state index contributed by atoms with van der Waals surface area (Å²) in [6.07, 6.45) is 0. The van der Waals surface area contributed by atoms with E-state index in [4.69, 9.17) is 14.0 Å². The van der Waals surface area contributed by atoms with Crippen LogP contribution in [0.5, 0.6) is 11.5 Å². The summed E-state index contributed by atoms with van der Waals surface area (Å²) in [5.41, 5.74) is 5.94. The summed E-state index contributed by atoms with van der Waals surface area (Å²) in [7, 11) is 0. The molecule has 0 radical (unpaired) electrons. The van der Waals surface area contributed by atoms with Gasteiger partial charge in [-0.3, -0.25) is 9.69 Å². The Labute approximate surface area is 214 Å². The van der Waals surface area contributed by atoms with Crippen LogP contribution >= 0.6 is 0 Å². The van der Waals surface area contributed by atoms with E-state index in [1.807, 2.05) is 30.3 Å². The van der Waals surface area contributed by atoms with E-state index >= 15 is 0 Å². The number of ketones is 1. The molecule has 3 aromatic carbocycles. The van der Waals surface area contributed by atoms with Crippen LogP contribution in [0.25, 0.3) is 22.2 Å². The van der Waals surface area contributed by atoms with Crippen LogP contribution in [0.15, 0.2) is 53.1 Å². The highest BCUT2D eigenvalue weighted by Crippen LogP contribution is 2.46. The van der Waals surface area contributed by atoms with Crippen molar-refractivity contribution in [3.05, 3.63) is 65.2 Å². The number of aromatic nitrogens is 1. The normalized spacial score (nSPS) is 16.5. The molecule has 1 saturated heterocycles. The minimum Gasteiger partial charge on any atom is -0.454 e. The van der Waals surface area contributed by atoms with Crippen LogP contribution < -0.4 is 19.7 Å². The molecule has 0 saturated carbocycles. The summed E-state index contributed by atoms with van der Waals surface area (Å²) < 4.78 is 16.9. The lowest BCUT2D eigenvalue weighted by molar-refractivity contribution is 0.104. The van der Waals surface area contributed by atoms with Crippen molar-refractivity contribution in [3.8, 4) is 22.8 Å². The van der Waals surface area contributed by atoms with Crippen molar-refractivity contribution in [2.24, 2.45) is 0 Å². The Balaban J connectivity index is 1.20. The molecule has 0 atom stereocenters. The third kappa shape index (κ3) is 3.62. The van der Waals surface area contributed by atoms with Gasteiger partial charge in [0.05, 0.1) is 16.6 Å². The van der Waals surface area contributed by atoms with Crippen molar-refractivity contribution >= 4 is 28.1 Å². The van der Waals surface area contributed by atoms with Crippen LogP contribution in [0.2, 0.25) is 0 Å². The second-order valence-electron chi connectivity index (χ2n) is 10.2. The number of nitrogens with one attached hydrogen (secondary N) is 1. The van der Waals surface area contributed by atoms with Crippen LogP contribution in [0.4, 0.5) is 11.4 Å². The zero-order chi connectivity index (χ0) is 25.1. The molecular weight excluding hydrogens is 468 g/mol. The van der Waals surface area contributed by atoms with Gasteiger partial charge in [-0.2, -0.15) is 0 Å². The Bertz CT molecular complexity index is 1530. The first-order valence-electron chi connectivity index (χ1n) is 12.8. The van der Waals surface area contributed by atoms with Crippen molar-refractivity contribution < 1.29 is 18.8 Å². The van der Waals surface area contributed by atoms with Gasteiger partial charge in [-0.1, -0.05) is 35.5 Å². The predicted molar refractivity (Wildman–Crippen MR) is 142 cm³/mol. The predicted octanol–water partition coefficient (Wildman–Crippen LogP) is 4.91. The molecule has 2 aliphatic heterocycles. The smallest absolute Gasteiger partial charge is 0.231 e. The third-order valence-corrected chi connectivity index (χ3v) is 7.38. The monoisotopic (exact) mass is 496 g/mol. The van der Waals surface area contributed by atoms with E-state index in [-0.39, 0.29) is 11.8 Å². The fourth-order valence-electron chi connectivity index (χ4n) is 5.65. The maximum Gasteiger partial charge on any atom is 0.231 e. The lowest BCUT2D eigenvalue weighted by atomic mass is 9.86. The van der Waals surface area contributed by atoms with E-state index in [9.17, 15) is 4.79 Å². The molecule has 8 heteroatoms. The van der Waals surface area contributed by atoms with Gasteiger partial charge < -0.3 is 24.2 Å². The first-order chi connectivity index (χ1) is 18.1. The number of carbonyl (C=O) groups is 1. The fraction of sp³-hybridized carbons (Fsp3) is 0.310. The number of ether oxygens (including phenoxy) is 2. The first kappa shape index (κ1) is 22.2. The number of piperazine rings is 1. The highest BCUT2D eigenvalue weighted by molar-refractivity contribution is 6.28. The van der Waals surface area contributed by atoms with Gasteiger partial charge >= 0.3 is 0 Å². The third-order valence-electron chi connectivity index (χ3n) is 7.38. The number of carbonyl (C=O) groups excluding carboxylic acids is 1. The summed E-state index contributed by atoms with van der Waals surface area (Å²) in [6.45, 7) is 8.86. The van der Waals surface area contributed by atoms with Crippen LogP contribution in [0.3, 0.4) is 0 Å². The zero-order valence-electron chi connectivity index (χ0n) is 20.9. The molecule has 1 fully saturated rings. The SMILES string of the molecule is CC(C)Nc1cc(N2CCN(Cc3ccc4c(c3)OCO4)CC2)c2noc3c2c1C(=O)c1ccccc1-3. The molecule has 7 rings (SSSR count). The summed E-state index contributed by atoms with van der Waals surface area (Å²) in [4.78, 5) is 18.4. The standard InChI is InChI=1S/C29H28N4O4/c1-17(2)30-21-14-22(27-26-25(21)28(34)19-5-3-4-6-20(19)29(26)37-31-27)33-11-9-32(10-12-33)15-18-7-8-23-24(13-18)36-16-35-23/h3-8,13-14,17,30H,9-12,15-16H2,1-2H3. The van der Waals surface area contributed by atoms with Gasteiger partial charge in [-0.25, -0.2) is 0 Å². The number of benzene rings is 3. The van der Waals surface area contributed by atoms with Crippen molar-refractivity contribution in [2.45, 2.75) is 26.4 Å². The lowest BCUT2D eigenvalue weighted by Gasteiger charge is -2.36. The number of nitrogens with zero attached hydrogens (tertiary/aromatic N) is 3. The summed E-state index contributed by atoms with van der Waals surface area (Å²) in [6, 6.07) is 16.1. The van der Waals surface area contributed by atoms with Crippen molar-refractivity contribution in [1.82, 2.24) is 10.1 Å². The van der Waals surface area contributed by atoms with Gasteiger partial charge in [0.1, 0.15) is 5.52 Å². The van der Waals surface area contributed by atoms with Crippen molar-refractivity contribution in [1.29, 1.82) is 0 Å². The number of anilines is 2. The molecule has 1 aromatic heterocycles. The van der Waals surface area contributed by atoms with Crippen molar-refractivity contribution in [2.75, 3.05) is 43.2 Å². The Morgan fingerprint density at radius 2 is 1.76 bits per heavy atom. The number of fused-ring (bicyclic) bond motifs is 3. The van der Waals surface area contributed by atoms with Crippen LogP contribution in [-0.4, -0.2) is 54.9 Å². The van der Waals surface area contributed by atoms with E-state index in [2.05, 4.69) is 52.3 Å². The Morgan fingerprint density at radius 1 is 0.973 bits per heavy atom. The van der Waals surface area contributed by atoms with Gasteiger partial charge in [-0.15, -0.1) is 0 Å². The van der Waals surface area contributed by atoms with Crippen LogP contribution in [0, 0.1) is 0 Å². The molecule has 0 bridgehead atoms. The zero-order valence-corrected chi connectivity index (χ0v) is 20.9. The van der Waals surface area contributed by atoms with Gasteiger partial charge in [0, 0.05) is 55.6 Å². The lowest BCUT2D eigenvalue weighted by Crippen LogP contribution is -2.46. The Hall–Kier alpha value is -4.04.